The van der Waals surface area contributed by atoms with Crippen LogP contribution in [0.25, 0.3) is 22.2 Å². The predicted molar refractivity (Wildman–Crippen MR) is 64.2 cm³/mol. The number of hydrogen-bond donors (Lipinski definition) is 0. The highest BCUT2D eigenvalue weighted by atomic mass is 32.1. The van der Waals surface area contributed by atoms with Gasteiger partial charge in [0.15, 0.2) is 10.8 Å². The van der Waals surface area contributed by atoms with Gasteiger partial charge in [-0.3, -0.25) is 0 Å². The summed E-state index contributed by atoms with van der Waals surface area (Å²) in [6.45, 7) is 0. The molecule has 0 N–H and O–H groups in total. The van der Waals surface area contributed by atoms with Gasteiger partial charge in [0.2, 0.25) is 0 Å². The molecule has 0 aliphatic carbocycles. The Balaban J connectivity index is 2.03. The second-order valence-electron chi connectivity index (χ2n) is 3.52. The number of nitrogens with zero attached hydrogens (tertiary/aromatic N) is 2. The maximum atomic E-state index is 5.32. The normalized spacial score (nSPS) is 10.8. The number of aromatic nitrogens is 2. The summed E-state index contributed by atoms with van der Waals surface area (Å²) in [7, 11) is 2.02. The highest BCUT2D eigenvalue weighted by Crippen LogP contribution is 2.28. The van der Waals surface area contributed by atoms with Crippen molar-refractivity contribution in [2.45, 2.75) is 0 Å². The minimum Gasteiger partial charge on any atom is -0.462 e. The molecule has 80 valence electrons. The van der Waals surface area contributed by atoms with Crippen molar-refractivity contribution in [2.24, 2.45) is 7.05 Å². The summed E-state index contributed by atoms with van der Waals surface area (Å²) < 4.78 is 7.38. The van der Waals surface area contributed by atoms with Crippen LogP contribution in [-0.2, 0) is 7.05 Å². The van der Waals surface area contributed by atoms with Crippen molar-refractivity contribution in [3.63, 3.8) is 0 Å². The lowest BCUT2D eigenvalue weighted by molar-refractivity contribution is 0.582. The fraction of sp³-hybridized carbons (Fsp3) is 0.0833. The van der Waals surface area contributed by atoms with E-state index in [0.717, 1.165) is 22.2 Å². The molecule has 0 aliphatic heterocycles. The van der Waals surface area contributed by atoms with E-state index in [9.17, 15) is 0 Å². The van der Waals surface area contributed by atoms with E-state index >= 15 is 0 Å². The zero-order chi connectivity index (χ0) is 11.0. The van der Waals surface area contributed by atoms with Crippen LogP contribution in [0, 0.1) is 0 Å². The Morgan fingerprint density at radius 3 is 2.94 bits per heavy atom. The number of furan rings is 1. The number of thiazole rings is 1. The van der Waals surface area contributed by atoms with Crippen molar-refractivity contribution in [3.05, 3.63) is 42.1 Å². The fourth-order valence-electron chi connectivity index (χ4n) is 1.63. The van der Waals surface area contributed by atoms with Crippen LogP contribution in [0.1, 0.15) is 0 Å². The van der Waals surface area contributed by atoms with Gasteiger partial charge >= 0.3 is 0 Å². The second kappa shape index (κ2) is 3.64. The summed E-state index contributed by atoms with van der Waals surface area (Å²) in [4.78, 5) is 4.56. The molecule has 3 heterocycles. The zero-order valence-electron chi connectivity index (χ0n) is 8.75. The van der Waals surface area contributed by atoms with Gasteiger partial charge in [-0.2, -0.15) is 0 Å². The molecule has 0 atom stereocenters. The molecule has 0 bridgehead atoms. The zero-order valence-corrected chi connectivity index (χ0v) is 9.57. The van der Waals surface area contributed by atoms with E-state index in [1.54, 1.807) is 17.6 Å². The predicted octanol–water partition coefficient (Wildman–Crippen LogP) is 3.41. The second-order valence-corrected chi connectivity index (χ2v) is 4.38. The summed E-state index contributed by atoms with van der Waals surface area (Å²) in [5, 5.41) is 2.97. The van der Waals surface area contributed by atoms with Crippen LogP contribution >= 0.6 is 11.3 Å². The van der Waals surface area contributed by atoms with E-state index in [4.69, 9.17) is 4.42 Å². The molecule has 0 amide bonds. The van der Waals surface area contributed by atoms with Gasteiger partial charge in [-0.25, -0.2) is 4.98 Å². The average Bonchev–Trinajstić information content (AvgIpc) is 2.96. The fourth-order valence-corrected chi connectivity index (χ4v) is 2.41. The van der Waals surface area contributed by atoms with Gasteiger partial charge in [-0.1, -0.05) is 0 Å². The Hall–Kier alpha value is -1.81. The third-order valence-corrected chi connectivity index (χ3v) is 3.30. The van der Waals surface area contributed by atoms with E-state index < -0.39 is 0 Å². The van der Waals surface area contributed by atoms with Crippen LogP contribution in [-0.4, -0.2) is 9.55 Å². The monoisotopic (exact) mass is 230 g/mol. The lowest BCUT2D eigenvalue weighted by Gasteiger charge is -1.97. The third-order valence-electron chi connectivity index (χ3n) is 2.44. The lowest BCUT2D eigenvalue weighted by Crippen LogP contribution is -1.88. The van der Waals surface area contributed by atoms with Crippen molar-refractivity contribution in [3.8, 4) is 22.2 Å². The first-order valence-corrected chi connectivity index (χ1v) is 5.83. The minimum absolute atomic E-state index is 0.824. The summed E-state index contributed by atoms with van der Waals surface area (Å²) in [6, 6.07) is 7.87. The van der Waals surface area contributed by atoms with Gasteiger partial charge in [0.25, 0.3) is 0 Å². The first-order valence-electron chi connectivity index (χ1n) is 4.96. The van der Waals surface area contributed by atoms with E-state index in [2.05, 4.69) is 15.6 Å². The van der Waals surface area contributed by atoms with E-state index in [1.807, 2.05) is 36.8 Å². The van der Waals surface area contributed by atoms with Crippen molar-refractivity contribution in [1.29, 1.82) is 0 Å². The molecular weight excluding hydrogens is 220 g/mol. The van der Waals surface area contributed by atoms with Crippen molar-refractivity contribution >= 4 is 11.3 Å². The minimum atomic E-state index is 0.824. The van der Waals surface area contributed by atoms with Crippen LogP contribution in [0.3, 0.4) is 0 Å². The van der Waals surface area contributed by atoms with Crippen molar-refractivity contribution in [2.75, 3.05) is 0 Å². The largest absolute Gasteiger partial charge is 0.462 e. The first-order chi connectivity index (χ1) is 7.84. The smallest absolute Gasteiger partial charge is 0.162 e. The third kappa shape index (κ3) is 1.47. The van der Waals surface area contributed by atoms with Gasteiger partial charge < -0.3 is 8.98 Å². The van der Waals surface area contributed by atoms with Crippen molar-refractivity contribution in [1.82, 2.24) is 9.55 Å². The molecule has 0 saturated carbocycles. The molecule has 3 aromatic rings. The Kier molecular flexibility index (Phi) is 2.15. The first kappa shape index (κ1) is 9.42. The highest BCUT2D eigenvalue weighted by Gasteiger charge is 2.09. The Bertz CT molecular complexity index is 592. The van der Waals surface area contributed by atoms with E-state index in [0.29, 0.717) is 0 Å². The molecule has 3 aromatic heterocycles. The van der Waals surface area contributed by atoms with Gasteiger partial charge in [0, 0.05) is 18.6 Å². The molecule has 0 fully saturated rings. The molecule has 0 aromatic carbocycles. The molecule has 0 radical (unpaired) electrons. The molecule has 0 aliphatic rings. The summed E-state index contributed by atoms with van der Waals surface area (Å²) >= 11 is 1.60. The Morgan fingerprint density at radius 2 is 2.25 bits per heavy atom. The van der Waals surface area contributed by atoms with Gasteiger partial charge in [-0.05, 0) is 24.3 Å². The molecule has 0 spiro atoms. The van der Waals surface area contributed by atoms with Crippen LogP contribution in [0.4, 0.5) is 0 Å². The maximum absolute atomic E-state index is 5.32. The Labute approximate surface area is 97.0 Å². The number of aryl methyl sites for hydroxylation is 1. The van der Waals surface area contributed by atoms with Gasteiger partial charge in [0.05, 0.1) is 17.7 Å². The van der Waals surface area contributed by atoms with E-state index in [1.165, 1.54) is 0 Å². The molecular formula is C12H10N2OS. The lowest BCUT2D eigenvalue weighted by atomic mass is 10.3. The quantitative estimate of drug-likeness (QED) is 0.675. The van der Waals surface area contributed by atoms with Crippen molar-refractivity contribution < 1.29 is 4.42 Å². The molecule has 0 unspecified atom stereocenters. The molecule has 0 saturated heterocycles. The van der Waals surface area contributed by atoms with Gasteiger partial charge in [-0.15, -0.1) is 11.3 Å². The molecule has 3 nitrogen and oxygen atoms in total. The topological polar surface area (TPSA) is 31.0 Å². The number of hydrogen-bond acceptors (Lipinski definition) is 3. The van der Waals surface area contributed by atoms with Crippen LogP contribution in [0.15, 0.2) is 46.5 Å². The van der Waals surface area contributed by atoms with Crippen LogP contribution in [0.2, 0.25) is 0 Å². The molecule has 4 heteroatoms. The maximum Gasteiger partial charge on any atom is 0.162 e. The average molecular weight is 230 g/mol. The standard InChI is InChI=1S/C12H10N2OS/c1-14-6-2-4-10(14)9-8-16-12(13-9)11-5-3-7-15-11/h2-8H,1H3. The SMILES string of the molecule is Cn1cccc1-c1csc(-c2ccco2)n1. The summed E-state index contributed by atoms with van der Waals surface area (Å²) in [5.74, 6) is 0.824. The highest BCUT2D eigenvalue weighted by molar-refractivity contribution is 7.13. The van der Waals surface area contributed by atoms with E-state index in [-0.39, 0.29) is 0 Å². The Morgan fingerprint density at radius 1 is 1.31 bits per heavy atom. The number of rotatable bonds is 2. The summed E-state index contributed by atoms with van der Waals surface area (Å²) in [6.07, 6.45) is 3.68. The van der Waals surface area contributed by atoms with Crippen LogP contribution < -0.4 is 0 Å². The molecule has 3 rings (SSSR count). The summed E-state index contributed by atoms with van der Waals surface area (Å²) in [5.41, 5.74) is 2.11. The van der Waals surface area contributed by atoms with Gasteiger partial charge in [0.1, 0.15) is 0 Å². The molecule has 16 heavy (non-hydrogen) atoms. The van der Waals surface area contributed by atoms with Crippen LogP contribution in [0.5, 0.6) is 0 Å².